The van der Waals surface area contributed by atoms with Crippen LogP contribution in [0.2, 0.25) is 0 Å². The first kappa shape index (κ1) is 35.0. The second-order valence-electron chi connectivity index (χ2n) is 9.17. The second kappa shape index (κ2) is 26.2. The lowest BCUT2D eigenvalue weighted by Gasteiger charge is -2.10. The zero-order valence-corrected chi connectivity index (χ0v) is 23.9. The molecule has 0 saturated carbocycles. The molecular formula is C30H50O9. The number of carbonyl (C=O) groups is 2. The molecule has 0 aliphatic rings. The van der Waals surface area contributed by atoms with Gasteiger partial charge in [-0.2, -0.15) is 0 Å². The molecule has 1 aromatic rings. The minimum Gasteiger partial charge on any atom is -0.462 e. The summed E-state index contributed by atoms with van der Waals surface area (Å²) in [7, 11) is 0. The quantitative estimate of drug-likeness (QED) is 0.119. The average molecular weight is 555 g/mol. The summed E-state index contributed by atoms with van der Waals surface area (Å²) in [5, 5.41) is 8.59. The number of aliphatic hydroxyl groups excluding tert-OH is 1. The molecule has 0 spiro atoms. The molecule has 0 atom stereocenters. The van der Waals surface area contributed by atoms with Crippen LogP contribution in [0.3, 0.4) is 0 Å². The van der Waals surface area contributed by atoms with Crippen LogP contribution >= 0.6 is 0 Å². The first-order chi connectivity index (χ1) is 19.2. The first-order valence-electron chi connectivity index (χ1n) is 14.6. The van der Waals surface area contributed by atoms with Crippen molar-refractivity contribution in [2.24, 2.45) is 0 Å². The SMILES string of the molecule is CCCCCCCCCCCCOC(=O)c1ccccc1C(=O)OCCOCCOCCOCCOCCO. The minimum absolute atomic E-state index is 0.00372. The van der Waals surface area contributed by atoms with E-state index in [-0.39, 0.29) is 30.9 Å². The van der Waals surface area contributed by atoms with E-state index in [2.05, 4.69) is 6.92 Å². The summed E-state index contributed by atoms with van der Waals surface area (Å²) in [6.07, 6.45) is 12.1. The van der Waals surface area contributed by atoms with Crippen molar-refractivity contribution in [1.29, 1.82) is 0 Å². The summed E-state index contributed by atoms with van der Waals surface area (Å²) in [6, 6.07) is 6.54. The van der Waals surface area contributed by atoms with E-state index >= 15 is 0 Å². The molecule has 9 nitrogen and oxygen atoms in total. The van der Waals surface area contributed by atoms with Gasteiger partial charge >= 0.3 is 11.9 Å². The number of benzene rings is 1. The minimum atomic E-state index is -0.582. The Morgan fingerprint density at radius 2 is 0.923 bits per heavy atom. The molecule has 0 aliphatic carbocycles. The fourth-order valence-corrected chi connectivity index (χ4v) is 3.77. The van der Waals surface area contributed by atoms with E-state index in [1.165, 1.54) is 44.9 Å². The van der Waals surface area contributed by atoms with Gasteiger partial charge in [0.1, 0.15) is 6.61 Å². The maximum Gasteiger partial charge on any atom is 0.339 e. The van der Waals surface area contributed by atoms with Gasteiger partial charge < -0.3 is 33.5 Å². The Labute approximate surface area is 234 Å². The van der Waals surface area contributed by atoms with E-state index < -0.39 is 11.9 Å². The Morgan fingerprint density at radius 3 is 1.38 bits per heavy atom. The second-order valence-corrected chi connectivity index (χ2v) is 9.17. The van der Waals surface area contributed by atoms with Crippen molar-refractivity contribution in [3.63, 3.8) is 0 Å². The molecule has 0 fully saturated rings. The Kier molecular flexibility index (Phi) is 23.5. The number of rotatable bonds is 27. The zero-order valence-electron chi connectivity index (χ0n) is 23.9. The number of aliphatic hydroxyl groups is 1. The largest absolute Gasteiger partial charge is 0.462 e. The van der Waals surface area contributed by atoms with Gasteiger partial charge in [-0.05, 0) is 18.6 Å². The summed E-state index contributed by atoms with van der Waals surface area (Å²) < 4.78 is 31.9. The van der Waals surface area contributed by atoms with E-state index in [4.69, 9.17) is 33.5 Å². The molecule has 224 valence electrons. The topological polar surface area (TPSA) is 110 Å². The van der Waals surface area contributed by atoms with Gasteiger partial charge in [0.25, 0.3) is 0 Å². The van der Waals surface area contributed by atoms with E-state index in [9.17, 15) is 9.59 Å². The van der Waals surface area contributed by atoms with Crippen molar-refractivity contribution in [1.82, 2.24) is 0 Å². The first-order valence-corrected chi connectivity index (χ1v) is 14.6. The summed E-state index contributed by atoms with van der Waals surface area (Å²) in [4.78, 5) is 25.0. The lowest BCUT2D eigenvalue weighted by Crippen LogP contribution is -2.17. The highest BCUT2D eigenvalue weighted by atomic mass is 16.6. The van der Waals surface area contributed by atoms with Gasteiger partial charge in [-0.15, -0.1) is 0 Å². The van der Waals surface area contributed by atoms with Crippen LogP contribution in [-0.2, 0) is 28.4 Å². The third-order valence-electron chi connectivity index (χ3n) is 5.91. The summed E-state index contributed by atoms with van der Waals surface area (Å²) in [6.45, 7) is 5.71. The fourth-order valence-electron chi connectivity index (χ4n) is 3.77. The third kappa shape index (κ3) is 19.6. The lowest BCUT2D eigenvalue weighted by molar-refractivity contribution is -0.0114. The van der Waals surface area contributed by atoms with Crippen molar-refractivity contribution in [2.45, 2.75) is 71.1 Å². The molecule has 1 aromatic carbocycles. The van der Waals surface area contributed by atoms with Crippen molar-refractivity contribution >= 4 is 11.9 Å². The van der Waals surface area contributed by atoms with Crippen LogP contribution in [-0.4, -0.2) is 89.7 Å². The summed E-state index contributed by atoms with van der Waals surface area (Å²) >= 11 is 0. The standard InChI is InChI=1S/C30H50O9/c1-2-3-4-5-6-7-8-9-10-13-17-38-29(32)27-14-11-12-15-28(27)30(33)39-26-25-37-24-23-36-22-21-35-20-19-34-18-16-31/h11-12,14-15,31H,2-10,13,16-26H2,1H3. The van der Waals surface area contributed by atoms with E-state index in [0.717, 1.165) is 19.3 Å². The Balaban J connectivity index is 2.09. The van der Waals surface area contributed by atoms with Gasteiger partial charge in [-0.25, -0.2) is 9.59 Å². The molecule has 1 rings (SSSR count). The van der Waals surface area contributed by atoms with Crippen LogP contribution in [0.4, 0.5) is 0 Å². The Morgan fingerprint density at radius 1 is 0.538 bits per heavy atom. The van der Waals surface area contributed by atoms with E-state index in [0.29, 0.717) is 52.9 Å². The number of hydrogen-bond donors (Lipinski definition) is 1. The van der Waals surface area contributed by atoms with Crippen LogP contribution in [0.5, 0.6) is 0 Å². The Hall–Kier alpha value is -2.04. The molecule has 0 aliphatic heterocycles. The number of hydrogen-bond acceptors (Lipinski definition) is 9. The van der Waals surface area contributed by atoms with Crippen LogP contribution in [0.15, 0.2) is 24.3 Å². The molecule has 0 aromatic heterocycles. The lowest BCUT2D eigenvalue weighted by atomic mass is 10.1. The molecular weight excluding hydrogens is 504 g/mol. The van der Waals surface area contributed by atoms with Crippen LogP contribution in [0.25, 0.3) is 0 Å². The number of ether oxygens (including phenoxy) is 6. The number of esters is 2. The molecule has 0 saturated heterocycles. The van der Waals surface area contributed by atoms with Gasteiger partial charge in [0, 0.05) is 0 Å². The molecule has 0 amide bonds. The maximum absolute atomic E-state index is 12.5. The third-order valence-corrected chi connectivity index (χ3v) is 5.91. The highest BCUT2D eigenvalue weighted by Crippen LogP contribution is 2.14. The molecule has 39 heavy (non-hydrogen) atoms. The van der Waals surface area contributed by atoms with Crippen LogP contribution in [0, 0.1) is 0 Å². The molecule has 0 unspecified atom stereocenters. The smallest absolute Gasteiger partial charge is 0.339 e. The van der Waals surface area contributed by atoms with Gasteiger partial charge in [-0.3, -0.25) is 0 Å². The highest BCUT2D eigenvalue weighted by molar-refractivity contribution is 6.03. The van der Waals surface area contributed by atoms with Crippen molar-refractivity contribution in [3.05, 3.63) is 35.4 Å². The summed E-state index contributed by atoms with van der Waals surface area (Å²) in [5.41, 5.74) is 0.404. The van der Waals surface area contributed by atoms with E-state index in [1.54, 1.807) is 24.3 Å². The predicted octanol–water partition coefficient (Wildman–Crippen LogP) is 4.98. The van der Waals surface area contributed by atoms with Gasteiger partial charge in [0.2, 0.25) is 0 Å². The molecule has 1 N–H and O–H groups in total. The maximum atomic E-state index is 12.5. The zero-order chi connectivity index (χ0) is 28.2. The Bertz CT molecular complexity index is 726. The van der Waals surface area contributed by atoms with Crippen molar-refractivity contribution in [3.8, 4) is 0 Å². The number of unbranched alkanes of at least 4 members (excludes halogenated alkanes) is 9. The summed E-state index contributed by atoms with van der Waals surface area (Å²) in [5.74, 6) is -1.09. The fraction of sp³-hybridized carbons (Fsp3) is 0.733. The highest BCUT2D eigenvalue weighted by Gasteiger charge is 2.18. The normalized spacial score (nSPS) is 11.0. The molecule has 9 heteroatoms. The molecule has 0 radical (unpaired) electrons. The monoisotopic (exact) mass is 554 g/mol. The van der Waals surface area contributed by atoms with Crippen LogP contribution in [0.1, 0.15) is 91.8 Å². The van der Waals surface area contributed by atoms with E-state index in [1.807, 2.05) is 0 Å². The van der Waals surface area contributed by atoms with Gasteiger partial charge in [-0.1, -0.05) is 76.8 Å². The number of carbonyl (C=O) groups excluding carboxylic acids is 2. The predicted molar refractivity (Wildman–Crippen MR) is 149 cm³/mol. The molecule has 0 heterocycles. The van der Waals surface area contributed by atoms with Crippen molar-refractivity contribution in [2.75, 3.05) is 72.7 Å². The molecule has 0 bridgehead atoms. The van der Waals surface area contributed by atoms with Crippen LogP contribution < -0.4 is 0 Å². The van der Waals surface area contributed by atoms with Gasteiger partial charge in [0.05, 0.1) is 77.2 Å². The van der Waals surface area contributed by atoms with Gasteiger partial charge in [0.15, 0.2) is 0 Å². The van der Waals surface area contributed by atoms with Crippen molar-refractivity contribution < 1.29 is 43.1 Å². The average Bonchev–Trinajstić information content (AvgIpc) is 2.95.